The smallest absolute Gasteiger partial charge is 0.125 e. The first-order valence-corrected chi connectivity index (χ1v) is 5.83. The van der Waals surface area contributed by atoms with Gasteiger partial charge in [-0.3, -0.25) is 0 Å². The molecule has 0 unspecified atom stereocenters. The number of methoxy groups -OCH3 is 1. The normalized spacial score (nSPS) is 10.5. The zero-order valence-electron chi connectivity index (χ0n) is 9.95. The molecular formula is C12H18ClNO3. The summed E-state index contributed by atoms with van der Waals surface area (Å²) in [6, 6.07) is 5.42. The molecule has 0 aliphatic heterocycles. The van der Waals surface area contributed by atoms with Crippen LogP contribution in [0.25, 0.3) is 0 Å². The zero-order valence-corrected chi connectivity index (χ0v) is 10.7. The van der Waals surface area contributed by atoms with E-state index in [4.69, 9.17) is 31.5 Å². The maximum atomic E-state index is 5.89. The first kappa shape index (κ1) is 14.3. The van der Waals surface area contributed by atoms with Crippen LogP contribution >= 0.6 is 11.6 Å². The Bertz CT molecular complexity index is 334. The lowest BCUT2D eigenvalue weighted by atomic mass is 10.2. The second kappa shape index (κ2) is 8.31. The second-order valence-corrected chi connectivity index (χ2v) is 3.85. The van der Waals surface area contributed by atoms with Gasteiger partial charge in [-0.25, -0.2) is 0 Å². The molecule has 0 aliphatic carbocycles. The van der Waals surface area contributed by atoms with Crippen LogP contribution in [0.15, 0.2) is 18.2 Å². The van der Waals surface area contributed by atoms with Gasteiger partial charge in [-0.2, -0.15) is 0 Å². The van der Waals surface area contributed by atoms with Crippen molar-refractivity contribution < 1.29 is 14.2 Å². The Morgan fingerprint density at radius 3 is 2.65 bits per heavy atom. The maximum absolute atomic E-state index is 5.89. The Morgan fingerprint density at radius 1 is 1.18 bits per heavy atom. The molecule has 1 aromatic rings. The minimum Gasteiger partial charge on any atom is -0.491 e. The van der Waals surface area contributed by atoms with Crippen molar-refractivity contribution in [3.63, 3.8) is 0 Å². The summed E-state index contributed by atoms with van der Waals surface area (Å²) in [7, 11) is 1.64. The molecule has 1 aromatic carbocycles. The summed E-state index contributed by atoms with van der Waals surface area (Å²) in [5, 5.41) is 0.637. The molecule has 96 valence electrons. The van der Waals surface area contributed by atoms with Crippen LogP contribution in [0.2, 0.25) is 5.02 Å². The average Bonchev–Trinajstić information content (AvgIpc) is 2.34. The lowest BCUT2D eigenvalue weighted by molar-refractivity contribution is 0.0543. The number of rotatable bonds is 8. The van der Waals surface area contributed by atoms with Gasteiger partial charge in [0.2, 0.25) is 0 Å². The zero-order chi connectivity index (χ0) is 12.5. The lowest BCUT2D eigenvalue weighted by Crippen LogP contribution is -2.11. The van der Waals surface area contributed by atoms with Crippen molar-refractivity contribution >= 4 is 11.6 Å². The first-order chi connectivity index (χ1) is 8.27. The Morgan fingerprint density at radius 2 is 1.94 bits per heavy atom. The third-order valence-electron chi connectivity index (χ3n) is 2.17. The number of nitrogens with two attached hydrogens (primary N) is 1. The Labute approximate surface area is 107 Å². The lowest BCUT2D eigenvalue weighted by Gasteiger charge is -2.11. The van der Waals surface area contributed by atoms with Crippen molar-refractivity contribution in [3.05, 3.63) is 28.8 Å². The summed E-state index contributed by atoms with van der Waals surface area (Å²) in [5.74, 6) is 0.718. The standard InChI is InChI=1S/C12H18ClNO3/c1-15-4-5-16-6-7-17-12-8-11(13)3-2-10(12)9-14/h2-3,8H,4-7,9,14H2,1H3. The molecule has 0 aromatic heterocycles. The van der Waals surface area contributed by atoms with Crippen LogP contribution in [-0.4, -0.2) is 33.5 Å². The highest BCUT2D eigenvalue weighted by Gasteiger charge is 2.03. The molecule has 1 rings (SSSR count). The van der Waals surface area contributed by atoms with Gasteiger partial charge in [-0.05, 0) is 12.1 Å². The van der Waals surface area contributed by atoms with E-state index in [-0.39, 0.29) is 0 Å². The van der Waals surface area contributed by atoms with Crippen molar-refractivity contribution in [1.29, 1.82) is 0 Å². The molecule has 5 heteroatoms. The summed E-state index contributed by atoms with van der Waals surface area (Å²) in [4.78, 5) is 0. The second-order valence-electron chi connectivity index (χ2n) is 3.41. The molecule has 0 atom stereocenters. The summed E-state index contributed by atoms with van der Waals surface area (Å²) in [6.45, 7) is 2.57. The molecular weight excluding hydrogens is 242 g/mol. The van der Waals surface area contributed by atoms with Gasteiger partial charge in [0.1, 0.15) is 12.4 Å². The van der Waals surface area contributed by atoms with E-state index in [1.807, 2.05) is 6.07 Å². The van der Waals surface area contributed by atoms with Crippen molar-refractivity contribution in [3.8, 4) is 5.75 Å². The Balaban J connectivity index is 2.32. The van der Waals surface area contributed by atoms with E-state index in [2.05, 4.69) is 0 Å². The molecule has 0 radical (unpaired) electrons. The highest BCUT2D eigenvalue weighted by Crippen LogP contribution is 2.22. The van der Waals surface area contributed by atoms with Crippen molar-refractivity contribution in [1.82, 2.24) is 0 Å². The fraction of sp³-hybridized carbons (Fsp3) is 0.500. The van der Waals surface area contributed by atoms with E-state index in [0.29, 0.717) is 38.0 Å². The van der Waals surface area contributed by atoms with Gasteiger partial charge in [0.05, 0.1) is 19.8 Å². The number of hydrogen-bond acceptors (Lipinski definition) is 4. The molecule has 0 heterocycles. The molecule has 2 N–H and O–H groups in total. The monoisotopic (exact) mass is 259 g/mol. The van der Waals surface area contributed by atoms with Crippen LogP contribution in [0.3, 0.4) is 0 Å². The Hall–Kier alpha value is -0.810. The SMILES string of the molecule is COCCOCCOc1cc(Cl)ccc1CN. The summed E-state index contributed by atoms with van der Waals surface area (Å²) >= 11 is 5.89. The third-order valence-corrected chi connectivity index (χ3v) is 2.40. The largest absolute Gasteiger partial charge is 0.491 e. The van der Waals surface area contributed by atoms with Gasteiger partial charge in [-0.15, -0.1) is 0 Å². The van der Waals surface area contributed by atoms with Gasteiger partial charge in [0, 0.05) is 24.2 Å². The number of ether oxygens (including phenoxy) is 3. The van der Waals surface area contributed by atoms with Gasteiger partial charge in [-0.1, -0.05) is 17.7 Å². The predicted octanol–water partition coefficient (Wildman–Crippen LogP) is 1.84. The van der Waals surface area contributed by atoms with E-state index in [1.165, 1.54) is 0 Å². The van der Waals surface area contributed by atoms with Gasteiger partial charge < -0.3 is 19.9 Å². The van der Waals surface area contributed by atoms with Crippen LogP contribution in [0, 0.1) is 0 Å². The van der Waals surface area contributed by atoms with E-state index in [9.17, 15) is 0 Å². The van der Waals surface area contributed by atoms with Crippen molar-refractivity contribution in [2.75, 3.05) is 33.5 Å². The van der Waals surface area contributed by atoms with Crippen LogP contribution in [0.1, 0.15) is 5.56 Å². The third kappa shape index (κ3) is 5.37. The molecule has 4 nitrogen and oxygen atoms in total. The summed E-state index contributed by atoms with van der Waals surface area (Å²) in [5.41, 5.74) is 6.54. The van der Waals surface area contributed by atoms with Crippen LogP contribution in [0.5, 0.6) is 5.75 Å². The number of halogens is 1. The Kier molecular flexibility index (Phi) is 6.96. The molecule has 0 saturated heterocycles. The van der Waals surface area contributed by atoms with E-state index in [1.54, 1.807) is 19.2 Å². The molecule has 0 bridgehead atoms. The van der Waals surface area contributed by atoms with Crippen molar-refractivity contribution in [2.45, 2.75) is 6.54 Å². The molecule has 0 fully saturated rings. The minimum atomic E-state index is 0.428. The summed E-state index contributed by atoms with van der Waals surface area (Å²) < 4.78 is 15.7. The van der Waals surface area contributed by atoms with Gasteiger partial charge in [0.15, 0.2) is 0 Å². The van der Waals surface area contributed by atoms with Gasteiger partial charge in [0.25, 0.3) is 0 Å². The highest BCUT2D eigenvalue weighted by atomic mass is 35.5. The van der Waals surface area contributed by atoms with E-state index in [0.717, 1.165) is 11.3 Å². The van der Waals surface area contributed by atoms with Gasteiger partial charge >= 0.3 is 0 Å². The minimum absolute atomic E-state index is 0.428. The maximum Gasteiger partial charge on any atom is 0.125 e. The molecule has 0 aliphatic rings. The van der Waals surface area contributed by atoms with E-state index >= 15 is 0 Å². The fourth-order valence-corrected chi connectivity index (χ4v) is 1.45. The fourth-order valence-electron chi connectivity index (χ4n) is 1.29. The molecule has 0 spiro atoms. The summed E-state index contributed by atoms with van der Waals surface area (Å²) in [6.07, 6.45) is 0. The quantitative estimate of drug-likeness (QED) is 0.724. The van der Waals surface area contributed by atoms with Crippen LogP contribution in [0.4, 0.5) is 0 Å². The first-order valence-electron chi connectivity index (χ1n) is 5.46. The van der Waals surface area contributed by atoms with E-state index < -0.39 is 0 Å². The molecule has 0 amide bonds. The predicted molar refractivity (Wildman–Crippen MR) is 67.5 cm³/mol. The molecule has 0 saturated carbocycles. The van der Waals surface area contributed by atoms with Crippen LogP contribution < -0.4 is 10.5 Å². The van der Waals surface area contributed by atoms with Crippen molar-refractivity contribution in [2.24, 2.45) is 5.73 Å². The average molecular weight is 260 g/mol. The number of benzene rings is 1. The number of hydrogen-bond donors (Lipinski definition) is 1. The highest BCUT2D eigenvalue weighted by molar-refractivity contribution is 6.30. The topological polar surface area (TPSA) is 53.7 Å². The van der Waals surface area contributed by atoms with Crippen LogP contribution in [-0.2, 0) is 16.0 Å². The molecule has 17 heavy (non-hydrogen) atoms.